The van der Waals surface area contributed by atoms with Gasteiger partial charge in [0.05, 0.1) is 16.6 Å². The van der Waals surface area contributed by atoms with E-state index in [1.165, 1.54) is 18.2 Å². The molecule has 84 valence electrons. The van der Waals surface area contributed by atoms with Crippen LogP contribution in [-0.4, -0.2) is 14.5 Å². The maximum absolute atomic E-state index is 11.1. The summed E-state index contributed by atoms with van der Waals surface area (Å²) in [4.78, 5) is -0.0767. The van der Waals surface area contributed by atoms with Gasteiger partial charge >= 0.3 is 0 Å². The average molecular weight is 238 g/mol. The van der Waals surface area contributed by atoms with Crippen LogP contribution in [0.5, 0.6) is 5.75 Å². The van der Waals surface area contributed by atoms with Crippen LogP contribution in [0.3, 0.4) is 0 Å². The Morgan fingerprint density at radius 3 is 2.62 bits per heavy atom. The smallest absolute Gasteiger partial charge is 0.238 e. The summed E-state index contributed by atoms with van der Waals surface area (Å²) in [6.07, 6.45) is 2.11. The number of primary sulfonamides is 1. The van der Waals surface area contributed by atoms with Crippen molar-refractivity contribution < 1.29 is 13.2 Å². The Morgan fingerprint density at radius 2 is 2.12 bits per heavy atom. The summed E-state index contributed by atoms with van der Waals surface area (Å²) in [7, 11) is -3.77. The van der Waals surface area contributed by atoms with E-state index < -0.39 is 10.0 Å². The molecule has 0 heterocycles. The van der Waals surface area contributed by atoms with Gasteiger partial charge in [-0.1, -0.05) is 0 Å². The number of benzene rings is 1. The Morgan fingerprint density at radius 1 is 1.44 bits per heavy atom. The second-order valence-electron chi connectivity index (χ2n) is 3.63. The van der Waals surface area contributed by atoms with Crippen LogP contribution in [-0.2, 0) is 10.0 Å². The quantitative estimate of drug-likeness (QED) is 0.840. The van der Waals surface area contributed by atoms with Crippen LogP contribution in [0, 0.1) is 11.3 Å². The number of rotatable bonds is 3. The summed E-state index contributed by atoms with van der Waals surface area (Å²) in [5.41, 5.74) is 0.193. The van der Waals surface area contributed by atoms with Crippen molar-refractivity contribution in [1.82, 2.24) is 0 Å². The molecule has 16 heavy (non-hydrogen) atoms. The lowest BCUT2D eigenvalue weighted by atomic mass is 10.2. The van der Waals surface area contributed by atoms with Crippen LogP contribution in [0.1, 0.15) is 18.4 Å². The van der Waals surface area contributed by atoms with Gasteiger partial charge in [-0.05, 0) is 31.0 Å². The van der Waals surface area contributed by atoms with Gasteiger partial charge < -0.3 is 4.74 Å². The minimum atomic E-state index is -3.77. The third kappa shape index (κ3) is 2.32. The highest BCUT2D eigenvalue weighted by atomic mass is 32.2. The van der Waals surface area contributed by atoms with Crippen LogP contribution in [0.25, 0.3) is 0 Å². The van der Waals surface area contributed by atoms with Gasteiger partial charge in [0.15, 0.2) is 0 Å². The molecule has 1 aliphatic rings. The number of hydrogen-bond acceptors (Lipinski definition) is 4. The zero-order valence-corrected chi connectivity index (χ0v) is 9.20. The zero-order valence-electron chi connectivity index (χ0n) is 8.38. The molecular weight excluding hydrogens is 228 g/mol. The van der Waals surface area contributed by atoms with Crippen molar-refractivity contribution in [3.8, 4) is 11.8 Å². The predicted octanol–water partition coefficient (Wildman–Crippen LogP) is 0.747. The molecule has 0 saturated heterocycles. The molecule has 1 fully saturated rings. The molecule has 0 atom stereocenters. The molecular formula is C10H10N2O3S. The highest BCUT2D eigenvalue weighted by Gasteiger charge is 2.25. The number of nitrogens with two attached hydrogens (primary N) is 1. The predicted molar refractivity (Wildman–Crippen MR) is 56.2 cm³/mol. The molecule has 1 aromatic rings. The van der Waals surface area contributed by atoms with Crippen molar-refractivity contribution >= 4 is 10.0 Å². The van der Waals surface area contributed by atoms with Crippen molar-refractivity contribution in [2.24, 2.45) is 5.14 Å². The van der Waals surface area contributed by atoms with E-state index in [9.17, 15) is 8.42 Å². The summed E-state index contributed by atoms with van der Waals surface area (Å²) in [5, 5.41) is 13.8. The maximum atomic E-state index is 11.1. The lowest BCUT2D eigenvalue weighted by molar-refractivity contribution is 0.302. The fourth-order valence-electron chi connectivity index (χ4n) is 1.24. The first-order chi connectivity index (χ1) is 7.50. The number of ether oxygens (including phenoxy) is 1. The van der Waals surface area contributed by atoms with Crippen LogP contribution in [0.4, 0.5) is 0 Å². The summed E-state index contributed by atoms with van der Waals surface area (Å²) in [5.74, 6) is 0.414. The highest BCUT2D eigenvalue weighted by molar-refractivity contribution is 7.89. The van der Waals surface area contributed by atoms with Crippen molar-refractivity contribution in [3.05, 3.63) is 23.8 Å². The molecule has 1 aliphatic carbocycles. The van der Waals surface area contributed by atoms with E-state index in [1.807, 2.05) is 6.07 Å². The standard InChI is InChI=1S/C10H10N2O3S/c11-6-7-5-9(16(12,13)14)3-4-10(7)15-8-1-2-8/h3-5,8H,1-2H2,(H2,12,13,14). The first kappa shape index (κ1) is 10.9. The van der Waals surface area contributed by atoms with E-state index >= 15 is 0 Å². The summed E-state index contributed by atoms with van der Waals surface area (Å²) < 4.78 is 27.6. The minimum Gasteiger partial charge on any atom is -0.489 e. The summed E-state index contributed by atoms with van der Waals surface area (Å²) in [6, 6.07) is 5.94. The van der Waals surface area contributed by atoms with Gasteiger partial charge in [0.1, 0.15) is 11.8 Å². The molecule has 0 amide bonds. The van der Waals surface area contributed by atoms with Gasteiger partial charge in [-0.15, -0.1) is 0 Å². The molecule has 2 rings (SSSR count). The second kappa shape index (κ2) is 3.77. The maximum Gasteiger partial charge on any atom is 0.238 e. The van der Waals surface area contributed by atoms with E-state index in [0.29, 0.717) is 5.75 Å². The number of hydrogen-bond donors (Lipinski definition) is 1. The Labute approximate surface area is 93.5 Å². The monoisotopic (exact) mass is 238 g/mol. The topological polar surface area (TPSA) is 93.2 Å². The fourth-order valence-corrected chi connectivity index (χ4v) is 1.78. The van der Waals surface area contributed by atoms with Crippen LogP contribution >= 0.6 is 0 Å². The SMILES string of the molecule is N#Cc1cc(S(N)(=O)=O)ccc1OC1CC1. The van der Waals surface area contributed by atoms with Gasteiger partial charge in [-0.2, -0.15) is 5.26 Å². The number of sulfonamides is 1. The van der Waals surface area contributed by atoms with Crippen LogP contribution in [0.2, 0.25) is 0 Å². The first-order valence-corrected chi connectivity index (χ1v) is 6.29. The Kier molecular flexibility index (Phi) is 2.58. The largest absolute Gasteiger partial charge is 0.489 e. The van der Waals surface area contributed by atoms with Crippen molar-refractivity contribution in [2.75, 3.05) is 0 Å². The number of nitrogens with zero attached hydrogens (tertiary/aromatic N) is 1. The molecule has 0 unspecified atom stereocenters. The van der Waals surface area contributed by atoms with E-state index in [0.717, 1.165) is 12.8 Å². The Balaban J connectivity index is 2.38. The van der Waals surface area contributed by atoms with Gasteiger partial charge in [0, 0.05) is 0 Å². The fraction of sp³-hybridized carbons (Fsp3) is 0.300. The molecule has 0 radical (unpaired) electrons. The highest BCUT2D eigenvalue weighted by Crippen LogP contribution is 2.29. The Hall–Kier alpha value is -1.58. The van der Waals surface area contributed by atoms with Gasteiger partial charge in [0.25, 0.3) is 0 Å². The molecule has 0 aromatic heterocycles. The Bertz CT molecular complexity index is 556. The molecule has 5 nitrogen and oxygen atoms in total. The van der Waals surface area contributed by atoms with Crippen molar-refractivity contribution in [2.45, 2.75) is 23.8 Å². The zero-order chi connectivity index (χ0) is 11.8. The van der Waals surface area contributed by atoms with Gasteiger partial charge in [-0.3, -0.25) is 0 Å². The van der Waals surface area contributed by atoms with Crippen molar-refractivity contribution in [1.29, 1.82) is 5.26 Å². The molecule has 1 saturated carbocycles. The normalized spacial score (nSPS) is 15.5. The number of nitriles is 1. The molecule has 0 bridgehead atoms. The molecule has 0 aliphatic heterocycles. The van der Waals surface area contributed by atoms with E-state index in [4.69, 9.17) is 15.1 Å². The van der Waals surface area contributed by atoms with Gasteiger partial charge in [0.2, 0.25) is 10.0 Å². The van der Waals surface area contributed by atoms with Crippen molar-refractivity contribution in [3.63, 3.8) is 0 Å². The van der Waals surface area contributed by atoms with Crippen LogP contribution < -0.4 is 9.88 Å². The average Bonchev–Trinajstić information content (AvgIpc) is 3.00. The first-order valence-electron chi connectivity index (χ1n) is 4.74. The molecule has 2 N–H and O–H groups in total. The van der Waals surface area contributed by atoms with Crippen LogP contribution in [0.15, 0.2) is 23.1 Å². The summed E-state index contributed by atoms with van der Waals surface area (Å²) >= 11 is 0. The third-order valence-corrected chi connectivity index (χ3v) is 3.13. The second-order valence-corrected chi connectivity index (χ2v) is 5.19. The lowest BCUT2D eigenvalue weighted by Crippen LogP contribution is -2.12. The van der Waals surface area contributed by atoms with E-state index in [2.05, 4.69) is 0 Å². The molecule has 0 spiro atoms. The lowest BCUT2D eigenvalue weighted by Gasteiger charge is -2.07. The molecule has 6 heteroatoms. The van der Waals surface area contributed by atoms with E-state index in [1.54, 1.807) is 0 Å². The molecule has 1 aromatic carbocycles. The van der Waals surface area contributed by atoms with Gasteiger partial charge in [-0.25, -0.2) is 13.6 Å². The minimum absolute atomic E-state index is 0.0767. The van der Waals surface area contributed by atoms with E-state index in [-0.39, 0.29) is 16.6 Å². The summed E-state index contributed by atoms with van der Waals surface area (Å²) in [6.45, 7) is 0. The third-order valence-electron chi connectivity index (χ3n) is 2.22.